The van der Waals surface area contributed by atoms with Crippen LogP contribution in [0.4, 0.5) is 4.79 Å². The number of hydrogen-bond acceptors (Lipinski definition) is 4. The van der Waals surface area contributed by atoms with Crippen molar-refractivity contribution in [2.75, 3.05) is 19.3 Å². The number of nitrogens with zero attached hydrogens (tertiary/aromatic N) is 2. The van der Waals surface area contributed by atoms with Crippen LogP contribution in [0.15, 0.2) is 34.9 Å². The number of urea groups is 1. The second-order valence-electron chi connectivity index (χ2n) is 5.66. The Morgan fingerprint density at radius 1 is 1.29 bits per heavy atom. The SMILES string of the molecule is Cc1noc(C)c1CN(C)C(=O)NCC[S@@](=O)Cc1ccccc1. The van der Waals surface area contributed by atoms with E-state index >= 15 is 0 Å². The van der Waals surface area contributed by atoms with E-state index in [-0.39, 0.29) is 6.03 Å². The molecule has 2 rings (SSSR count). The highest BCUT2D eigenvalue weighted by Crippen LogP contribution is 2.14. The van der Waals surface area contributed by atoms with E-state index < -0.39 is 10.8 Å². The summed E-state index contributed by atoms with van der Waals surface area (Å²) in [6.45, 7) is 4.49. The van der Waals surface area contributed by atoms with Crippen LogP contribution in [0.5, 0.6) is 0 Å². The van der Waals surface area contributed by atoms with Crippen molar-refractivity contribution in [3.63, 3.8) is 0 Å². The molecule has 2 amide bonds. The van der Waals surface area contributed by atoms with Gasteiger partial charge in [0, 0.05) is 41.5 Å². The van der Waals surface area contributed by atoms with Crippen molar-refractivity contribution >= 4 is 16.8 Å². The van der Waals surface area contributed by atoms with E-state index in [1.807, 2.05) is 44.2 Å². The van der Waals surface area contributed by atoms with Gasteiger partial charge >= 0.3 is 6.03 Å². The van der Waals surface area contributed by atoms with Crippen molar-refractivity contribution in [2.45, 2.75) is 26.1 Å². The van der Waals surface area contributed by atoms with Gasteiger partial charge in [-0.15, -0.1) is 0 Å². The summed E-state index contributed by atoms with van der Waals surface area (Å²) in [5, 5.41) is 6.67. The van der Waals surface area contributed by atoms with Gasteiger partial charge in [-0.25, -0.2) is 4.79 Å². The summed E-state index contributed by atoms with van der Waals surface area (Å²) in [7, 11) is 0.713. The number of benzene rings is 1. The molecule has 6 nitrogen and oxygen atoms in total. The molecule has 0 fully saturated rings. The molecule has 1 aromatic carbocycles. The van der Waals surface area contributed by atoms with Crippen molar-refractivity contribution in [3.8, 4) is 0 Å². The average Bonchev–Trinajstić information content (AvgIpc) is 2.87. The molecule has 2 aromatic rings. The van der Waals surface area contributed by atoms with E-state index in [1.165, 1.54) is 0 Å². The first kappa shape index (κ1) is 18.2. The molecule has 0 saturated heterocycles. The highest BCUT2D eigenvalue weighted by molar-refractivity contribution is 7.84. The molecule has 0 spiro atoms. The molecule has 130 valence electrons. The zero-order valence-electron chi connectivity index (χ0n) is 14.2. The smallest absolute Gasteiger partial charge is 0.317 e. The van der Waals surface area contributed by atoms with Crippen molar-refractivity contribution in [1.82, 2.24) is 15.4 Å². The summed E-state index contributed by atoms with van der Waals surface area (Å²) >= 11 is 0. The zero-order chi connectivity index (χ0) is 17.5. The first-order chi connectivity index (χ1) is 11.5. The third kappa shape index (κ3) is 5.19. The molecule has 0 aliphatic rings. The largest absolute Gasteiger partial charge is 0.361 e. The maximum absolute atomic E-state index is 12.1. The molecule has 0 radical (unpaired) electrons. The first-order valence-electron chi connectivity index (χ1n) is 7.77. The Morgan fingerprint density at radius 2 is 2.00 bits per heavy atom. The lowest BCUT2D eigenvalue weighted by atomic mass is 10.2. The van der Waals surface area contributed by atoms with Gasteiger partial charge in [0.05, 0.1) is 12.2 Å². The second-order valence-corrected chi connectivity index (χ2v) is 7.24. The lowest BCUT2D eigenvalue weighted by molar-refractivity contribution is 0.207. The number of amides is 2. The van der Waals surface area contributed by atoms with E-state index in [0.29, 0.717) is 24.6 Å². The third-order valence-corrected chi connectivity index (χ3v) is 5.01. The van der Waals surface area contributed by atoms with Gasteiger partial charge in [0.2, 0.25) is 0 Å². The van der Waals surface area contributed by atoms with E-state index in [4.69, 9.17) is 4.52 Å². The van der Waals surface area contributed by atoms with E-state index in [0.717, 1.165) is 22.6 Å². The molecule has 1 N–H and O–H groups in total. The second kappa shape index (κ2) is 8.63. The van der Waals surface area contributed by atoms with E-state index in [1.54, 1.807) is 11.9 Å². The maximum atomic E-state index is 12.1. The van der Waals surface area contributed by atoms with Crippen LogP contribution in [-0.4, -0.2) is 39.6 Å². The molecule has 24 heavy (non-hydrogen) atoms. The van der Waals surface area contributed by atoms with Gasteiger partial charge in [0.15, 0.2) is 0 Å². The average molecular weight is 349 g/mol. The maximum Gasteiger partial charge on any atom is 0.317 e. The Labute approximate surface area is 144 Å². The Morgan fingerprint density at radius 3 is 2.62 bits per heavy atom. The van der Waals surface area contributed by atoms with E-state index in [9.17, 15) is 9.00 Å². The summed E-state index contributed by atoms with van der Waals surface area (Å²) in [6, 6.07) is 9.49. The zero-order valence-corrected chi connectivity index (χ0v) is 15.1. The number of carbonyl (C=O) groups excluding carboxylic acids is 1. The monoisotopic (exact) mass is 349 g/mol. The third-order valence-electron chi connectivity index (χ3n) is 3.70. The van der Waals surface area contributed by atoms with Crippen LogP contribution in [0, 0.1) is 13.8 Å². The predicted octanol–water partition coefficient (Wildman–Crippen LogP) is 2.38. The van der Waals surface area contributed by atoms with Crippen LogP contribution in [0.1, 0.15) is 22.6 Å². The highest BCUT2D eigenvalue weighted by atomic mass is 32.2. The Bertz CT molecular complexity index is 681. The number of aryl methyl sites for hydroxylation is 2. The van der Waals surface area contributed by atoms with Gasteiger partial charge in [-0.1, -0.05) is 35.5 Å². The summed E-state index contributed by atoms with van der Waals surface area (Å²) < 4.78 is 17.1. The first-order valence-corrected chi connectivity index (χ1v) is 9.25. The molecule has 0 aliphatic carbocycles. The molecule has 0 bridgehead atoms. The number of nitrogens with one attached hydrogen (secondary N) is 1. The molecule has 0 unspecified atom stereocenters. The summed E-state index contributed by atoms with van der Waals surface area (Å²) in [5.41, 5.74) is 2.74. The van der Waals surface area contributed by atoms with Gasteiger partial charge in [0.1, 0.15) is 5.76 Å². The topological polar surface area (TPSA) is 75.4 Å². The van der Waals surface area contributed by atoms with Crippen LogP contribution in [-0.2, 0) is 23.1 Å². The highest BCUT2D eigenvalue weighted by Gasteiger charge is 2.15. The minimum Gasteiger partial charge on any atom is -0.361 e. The van der Waals surface area contributed by atoms with Crippen LogP contribution in [0.25, 0.3) is 0 Å². The number of hydrogen-bond donors (Lipinski definition) is 1. The number of carbonyl (C=O) groups is 1. The normalized spacial score (nSPS) is 12.0. The van der Waals surface area contributed by atoms with Gasteiger partial charge in [-0.2, -0.15) is 0 Å². The summed E-state index contributed by atoms with van der Waals surface area (Å²) in [5.74, 6) is 1.65. The van der Waals surface area contributed by atoms with Gasteiger partial charge in [-0.3, -0.25) is 4.21 Å². The fourth-order valence-corrected chi connectivity index (χ4v) is 3.31. The van der Waals surface area contributed by atoms with Crippen LogP contribution in [0.3, 0.4) is 0 Å². The molecule has 0 saturated carbocycles. The molecule has 0 aliphatic heterocycles. The van der Waals surface area contributed by atoms with Crippen molar-refractivity contribution < 1.29 is 13.5 Å². The Hall–Kier alpha value is -2.15. The fraction of sp³-hybridized carbons (Fsp3) is 0.412. The van der Waals surface area contributed by atoms with Crippen molar-refractivity contribution in [3.05, 3.63) is 52.9 Å². The predicted molar refractivity (Wildman–Crippen MR) is 94.0 cm³/mol. The number of aromatic nitrogens is 1. The van der Waals surface area contributed by atoms with Crippen molar-refractivity contribution in [1.29, 1.82) is 0 Å². The van der Waals surface area contributed by atoms with Crippen LogP contribution >= 0.6 is 0 Å². The van der Waals surface area contributed by atoms with Gasteiger partial charge < -0.3 is 14.7 Å². The summed E-state index contributed by atoms with van der Waals surface area (Å²) in [4.78, 5) is 13.7. The van der Waals surface area contributed by atoms with E-state index in [2.05, 4.69) is 10.5 Å². The minimum absolute atomic E-state index is 0.202. The molecular weight excluding hydrogens is 326 g/mol. The fourth-order valence-electron chi connectivity index (χ4n) is 2.28. The van der Waals surface area contributed by atoms with Crippen LogP contribution < -0.4 is 5.32 Å². The summed E-state index contributed by atoms with van der Waals surface area (Å²) in [6.07, 6.45) is 0. The van der Waals surface area contributed by atoms with Crippen LogP contribution in [0.2, 0.25) is 0 Å². The molecule has 1 aromatic heterocycles. The Kier molecular flexibility index (Phi) is 6.54. The molecule has 7 heteroatoms. The molecular formula is C17H23N3O3S. The van der Waals surface area contributed by atoms with Gasteiger partial charge in [-0.05, 0) is 19.4 Å². The lowest BCUT2D eigenvalue weighted by Crippen LogP contribution is -2.38. The lowest BCUT2D eigenvalue weighted by Gasteiger charge is -2.17. The number of rotatable bonds is 7. The Balaban J connectivity index is 1.73. The molecule has 1 atom stereocenters. The quantitative estimate of drug-likeness (QED) is 0.833. The molecule has 1 heterocycles. The van der Waals surface area contributed by atoms with Crippen molar-refractivity contribution in [2.24, 2.45) is 0 Å². The standard InChI is InChI=1S/C17H23N3O3S/c1-13-16(14(2)23-19-13)11-20(3)17(21)18-9-10-24(22)12-15-7-5-4-6-8-15/h4-8H,9-12H2,1-3H3,(H,18,21)/t24-/m1/s1. The van der Waals surface area contributed by atoms with Gasteiger partial charge in [0.25, 0.3) is 0 Å². The minimum atomic E-state index is -0.998.